The van der Waals surface area contributed by atoms with Crippen molar-refractivity contribution in [2.45, 2.75) is 0 Å². The molecule has 32 heavy (non-hydrogen) atoms. The van der Waals surface area contributed by atoms with Gasteiger partial charge in [0.25, 0.3) is 11.6 Å². The van der Waals surface area contributed by atoms with Crippen LogP contribution in [-0.2, 0) is 4.74 Å². The molecule has 1 saturated heterocycles. The van der Waals surface area contributed by atoms with E-state index < -0.39 is 10.8 Å². The fourth-order valence-electron chi connectivity index (χ4n) is 3.64. The summed E-state index contributed by atoms with van der Waals surface area (Å²) in [7, 11) is 1.50. The zero-order valence-electron chi connectivity index (χ0n) is 17.5. The van der Waals surface area contributed by atoms with E-state index in [4.69, 9.17) is 9.47 Å². The van der Waals surface area contributed by atoms with Gasteiger partial charge in [0.15, 0.2) is 0 Å². The van der Waals surface area contributed by atoms with Crippen LogP contribution in [0.15, 0.2) is 59.7 Å². The van der Waals surface area contributed by atoms with Gasteiger partial charge < -0.3 is 14.4 Å². The summed E-state index contributed by atoms with van der Waals surface area (Å²) in [6, 6.07) is 15.8. The second-order valence-corrected chi connectivity index (χ2v) is 7.20. The average Bonchev–Trinajstić information content (AvgIpc) is 2.83. The van der Waals surface area contributed by atoms with Crippen LogP contribution in [0.3, 0.4) is 0 Å². The van der Waals surface area contributed by atoms with Crippen LogP contribution in [0.25, 0.3) is 10.8 Å². The van der Waals surface area contributed by atoms with Crippen LogP contribution in [0.5, 0.6) is 5.75 Å². The van der Waals surface area contributed by atoms with E-state index in [9.17, 15) is 14.9 Å². The molecule has 0 spiro atoms. The molecule has 1 fully saturated rings. The highest BCUT2D eigenvalue weighted by molar-refractivity contribution is 6.02. The highest BCUT2D eigenvalue weighted by atomic mass is 16.6. The van der Waals surface area contributed by atoms with Gasteiger partial charge in [-0.05, 0) is 29.0 Å². The first kappa shape index (κ1) is 21.3. The summed E-state index contributed by atoms with van der Waals surface area (Å²) >= 11 is 0. The quantitative estimate of drug-likeness (QED) is 0.362. The molecule has 164 valence electrons. The Balaban J connectivity index is 1.59. The van der Waals surface area contributed by atoms with Gasteiger partial charge in [0.2, 0.25) is 0 Å². The molecule has 0 atom stereocenters. The minimum atomic E-state index is -0.459. The Kier molecular flexibility index (Phi) is 6.27. The third-order valence-electron chi connectivity index (χ3n) is 5.26. The van der Waals surface area contributed by atoms with E-state index in [0.29, 0.717) is 43.2 Å². The first-order chi connectivity index (χ1) is 15.6. The fourth-order valence-corrected chi connectivity index (χ4v) is 3.64. The molecule has 0 radical (unpaired) electrons. The lowest BCUT2D eigenvalue weighted by Crippen LogP contribution is -2.36. The zero-order valence-corrected chi connectivity index (χ0v) is 17.5. The third-order valence-corrected chi connectivity index (χ3v) is 5.26. The van der Waals surface area contributed by atoms with Gasteiger partial charge in [-0.1, -0.05) is 24.3 Å². The van der Waals surface area contributed by atoms with Crippen molar-refractivity contribution >= 4 is 34.3 Å². The summed E-state index contributed by atoms with van der Waals surface area (Å²) in [6.45, 7) is 2.48. The Labute approximate surface area is 184 Å². The van der Waals surface area contributed by atoms with Crippen molar-refractivity contribution in [3.05, 3.63) is 75.8 Å². The standard InChI is InChI=1S/C23H22N4O5/c1-31-22-14-17-5-3-2-4-16(17)13-20(22)23(28)25-24-15-18-12-19(27(29)30)6-7-21(18)26-8-10-32-11-9-26/h2-7,12-15H,8-11H2,1H3,(H,25,28). The maximum absolute atomic E-state index is 12.8. The number of nitrogens with one attached hydrogen (secondary N) is 1. The lowest BCUT2D eigenvalue weighted by Gasteiger charge is -2.29. The lowest BCUT2D eigenvalue weighted by atomic mass is 10.1. The van der Waals surface area contributed by atoms with Crippen molar-refractivity contribution in [2.75, 3.05) is 38.3 Å². The van der Waals surface area contributed by atoms with Crippen molar-refractivity contribution in [3.8, 4) is 5.75 Å². The average molecular weight is 434 g/mol. The number of carbonyl (C=O) groups is 1. The molecule has 0 aliphatic carbocycles. The molecule has 1 amide bonds. The van der Waals surface area contributed by atoms with E-state index >= 15 is 0 Å². The van der Waals surface area contributed by atoms with Crippen molar-refractivity contribution in [1.29, 1.82) is 0 Å². The summed E-state index contributed by atoms with van der Waals surface area (Å²) < 4.78 is 10.8. The fraction of sp³-hybridized carbons (Fsp3) is 0.217. The van der Waals surface area contributed by atoms with Gasteiger partial charge in [-0.25, -0.2) is 5.43 Å². The Morgan fingerprint density at radius 2 is 1.88 bits per heavy atom. The number of amides is 1. The molecule has 1 heterocycles. The largest absolute Gasteiger partial charge is 0.496 e. The number of carbonyl (C=O) groups excluding carboxylic acids is 1. The topological polar surface area (TPSA) is 106 Å². The van der Waals surface area contributed by atoms with Crippen molar-refractivity contribution in [3.63, 3.8) is 0 Å². The number of methoxy groups -OCH3 is 1. The molecule has 1 aliphatic heterocycles. The van der Waals surface area contributed by atoms with Crippen LogP contribution in [-0.4, -0.2) is 50.5 Å². The number of hydrazone groups is 1. The highest BCUT2D eigenvalue weighted by Gasteiger charge is 2.18. The SMILES string of the molecule is COc1cc2ccccc2cc1C(=O)NN=Cc1cc([N+](=O)[O-])ccc1N1CCOCC1. The number of hydrogen-bond acceptors (Lipinski definition) is 7. The van der Waals surface area contributed by atoms with Crippen LogP contribution < -0.4 is 15.1 Å². The van der Waals surface area contributed by atoms with E-state index in [0.717, 1.165) is 16.5 Å². The molecule has 0 bridgehead atoms. The smallest absolute Gasteiger partial charge is 0.275 e. The number of hydrogen-bond donors (Lipinski definition) is 1. The summed E-state index contributed by atoms with van der Waals surface area (Å²) in [4.78, 5) is 25.6. The van der Waals surface area contributed by atoms with Gasteiger partial charge in [-0.3, -0.25) is 14.9 Å². The van der Waals surface area contributed by atoms with Gasteiger partial charge in [-0.2, -0.15) is 5.10 Å². The van der Waals surface area contributed by atoms with Gasteiger partial charge >= 0.3 is 0 Å². The predicted molar refractivity (Wildman–Crippen MR) is 122 cm³/mol. The van der Waals surface area contributed by atoms with E-state index in [-0.39, 0.29) is 5.69 Å². The molecule has 4 rings (SSSR count). The Bertz CT molecular complexity index is 1190. The molecule has 9 nitrogen and oxygen atoms in total. The van der Waals surface area contributed by atoms with Gasteiger partial charge in [-0.15, -0.1) is 0 Å². The van der Waals surface area contributed by atoms with Crippen LogP contribution in [0.1, 0.15) is 15.9 Å². The molecule has 9 heteroatoms. The van der Waals surface area contributed by atoms with Crippen molar-refractivity contribution in [2.24, 2.45) is 5.10 Å². The van der Waals surface area contributed by atoms with Crippen LogP contribution >= 0.6 is 0 Å². The summed E-state index contributed by atoms with van der Waals surface area (Å²) in [5, 5.41) is 17.2. The number of ether oxygens (including phenoxy) is 2. The Morgan fingerprint density at radius 1 is 1.16 bits per heavy atom. The first-order valence-corrected chi connectivity index (χ1v) is 10.1. The van der Waals surface area contributed by atoms with E-state index in [2.05, 4.69) is 15.4 Å². The number of nitro groups is 1. The molecule has 1 N–H and O–H groups in total. The van der Waals surface area contributed by atoms with Gasteiger partial charge in [0, 0.05) is 36.5 Å². The molecule has 3 aromatic carbocycles. The van der Waals surface area contributed by atoms with Crippen molar-refractivity contribution < 1.29 is 19.2 Å². The minimum absolute atomic E-state index is 0.0500. The number of nitrogens with zero attached hydrogens (tertiary/aromatic N) is 3. The molecule has 0 saturated carbocycles. The summed E-state index contributed by atoms with van der Waals surface area (Å²) in [5.41, 5.74) is 4.12. The summed E-state index contributed by atoms with van der Waals surface area (Å²) in [5.74, 6) is -0.0111. The van der Waals surface area contributed by atoms with Gasteiger partial charge in [0.1, 0.15) is 5.75 Å². The molecular weight excluding hydrogens is 412 g/mol. The van der Waals surface area contributed by atoms with E-state index in [1.807, 2.05) is 24.3 Å². The number of non-ortho nitro benzene ring substituents is 1. The summed E-state index contributed by atoms with van der Waals surface area (Å²) in [6.07, 6.45) is 1.42. The number of nitro benzene ring substituents is 1. The third kappa shape index (κ3) is 4.52. The Hall–Kier alpha value is -3.98. The minimum Gasteiger partial charge on any atom is -0.496 e. The van der Waals surface area contributed by atoms with Crippen LogP contribution in [0.4, 0.5) is 11.4 Å². The highest BCUT2D eigenvalue weighted by Crippen LogP contribution is 2.27. The van der Waals surface area contributed by atoms with E-state index in [1.54, 1.807) is 18.2 Å². The van der Waals surface area contributed by atoms with Crippen molar-refractivity contribution in [1.82, 2.24) is 5.43 Å². The number of morpholine rings is 1. The number of benzene rings is 3. The molecular formula is C23H22N4O5. The Morgan fingerprint density at radius 3 is 2.56 bits per heavy atom. The second-order valence-electron chi connectivity index (χ2n) is 7.20. The number of rotatable bonds is 6. The molecule has 1 aliphatic rings. The second kappa shape index (κ2) is 9.44. The maximum atomic E-state index is 12.8. The van der Waals surface area contributed by atoms with E-state index in [1.165, 1.54) is 25.5 Å². The maximum Gasteiger partial charge on any atom is 0.275 e. The van der Waals surface area contributed by atoms with Gasteiger partial charge in [0.05, 0.1) is 37.0 Å². The molecule has 3 aromatic rings. The number of anilines is 1. The molecule has 0 aromatic heterocycles. The first-order valence-electron chi connectivity index (χ1n) is 10.1. The number of fused-ring (bicyclic) bond motifs is 1. The monoisotopic (exact) mass is 434 g/mol. The lowest BCUT2D eigenvalue weighted by molar-refractivity contribution is -0.384. The normalized spacial score (nSPS) is 14.0. The van der Waals surface area contributed by atoms with Crippen LogP contribution in [0, 0.1) is 10.1 Å². The van der Waals surface area contributed by atoms with Crippen LogP contribution in [0.2, 0.25) is 0 Å². The predicted octanol–water partition coefficient (Wildman–Crippen LogP) is 3.36. The zero-order chi connectivity index (χ0) is 22.5. The molecule has 0 unspecified atom stereocenters.